The molecular formula is C22H23F3N6O4. The van der Waals surface area contributed by atoms with Gasteiger partial charge in [0, 0.05) is 19.3 Å². The van der Waals surface area contributed by atoms with Gasteiger partial charge in [0.2, 0.25) is 11.7 Å². The molecule has 1 fully saturated rings. The second kappa shape index (κ2) is 9.84. The smallest absolute Gasteiger partial charge is 0.451 e. The predicted octanol–water partition coefficient (Wildman–Crippen LogP) is 3.60. The molecule has 0 saturated heterocycles. The molecule has 0 spiro atoms. The van der Waals surface area contributed by atoms with Crippen LogP contribution in [-0.2, 0) is 24.6 Å². The molecule has 3 aromatic rings. The van der Waals surface area contributed by atoms with E-state index in [1.54, 1.807) is 26.1 Å². The van der Waals surface area contributed by atoms with Gasteiger partial charge in [0.05, 0.1) is 23.4 Å². The van der Waals surface area contributed by atoms with Crippen molar-refractivity contribution in [2.24, 2.45) is 13.0 Å². The van der Waals surface area contributed by atoms with Crippen molar-refractivity contribution < 1.29 is 32.5 Å². The summed E-state index contributed by atoms with van der Waals surface area (Å²) in [6.07, 6.45) is -1.26. The summed E-state index contributed by atoms with van der Waals surface area (Å²) in [5, 5.41) is 17.4. The number of carbonyl (C=O) groups is 1. The highest BCUT2D eigenvalue weighted by atomic mass is 19.4. The molecule has 13 heteroatoms. The van der Waals surface area contributed by atoms with Gasteiger partial charge < -0.3 is 14.6 Å². The van der Waals surface area contributed by atoms with E-state index in [0.717, 1.165) is 19.0 Å². The summed E-state index contributed by atoms with van der Waals surface area (Å²) in [6, 6.07) is 4.66. The zero-order valence-corrected chi connectivity index (χ0v) is 19.0. The zero-order chi connectivity index (χ0) is 25.2. The van der Waals surface area contributed by atoms with Gasteiger partial charge in [0.1, 0.15) is 23.7 Å². The van der Waals surface area contributed by atoms with Crippen LogP contribution in [0.3, 0.4) is 0 Å². The van der Waals surface area contributed by atoms with Crippen molar-refractivity contribution in [2.75, 3.05) is 0 Å². The normalized spacial score (nSPS) is 18.3. The molecule has 10 nitrogen and oxygen atoms in total. The largest absolute Gasteiger partial charge is 0.489 e. The monoisotopic (exact) mass is 492 g/mol. The van der Waals surface area contributed by atoms with Gasteiger partial charge in [-0.3, -0.25) is 4.79 Å². The Morgan fingerprint density at radius 1 is 1.23 bits per heavy atom. The number of rotatable bonds is 7. The van der Waals surface area contributed by atoms with Crippen molar-refractivity contribution >= 4 is 5.97 Å². The molecule has 3 aromatic heterocycles. The summed E-state index contributed by atoms with van der Waals surface area (Å²) >= 11 is 0. The Kier molecular flexibility index (Phi) is 6.85. The van der Waals surface area contributed by atoms with Gasteiger partial charge >= 0.3 is 12.1 Å². The van der Waals surface area contributed by atoms with E-state index in [0.29, 0.717) is 41.4 Å². The number of hydrogen-bond donors (Lipinski definition) is 1. The molecule has 0 aliphatic heterocycles. The number of aryl methyl sites for hydroxylation is 2. The van der Waals surface area contributed by atoms with E-state index in [-0.39, 0.29) is 18.6 Å². The molecule has 4 rings (SSSR count). The van der Waals surface area contributed by atoms with Crippen LogP contribution in [-0.4, -0.2) is 47.1 Å². The van der Waals surface area contributed by atoms with Crippen molar-refractivity contribution in [1.29, 1.82) is 0 Å². The van der Waals surface area contributed by atoms with Crippen LogP contribution < -0.4 is 9.47 Å². The molecule has 35 heavy (non-hydrogen) atoms. The van der Waals surface area contributed by atoms with Gasteiger partial charge in [-0.15, -0.1) is 5.10 Å². The Hall–Kier alpha value is -3.77. The standard InChI is InChI=1S/C22H23F3N6O4/c1-12-17(35-14-5-3-4-13(10-14)20(32)33)7-6-15(27-12)19-16(31(2)30-29-19)11-34-18-8-9-26-21(28-18)22(23,24)25/h6-9,13-14H,3-5,10-11H2,1-2H3,(H,32,33)/t13-,14-/m0/s1. The molecule has 0 radical (unpaired) electrons. The number of aromatic nitrogens is 6. The Morgan fingerprint density at radius 2 is 2.03 bits per heavy atom. The van der Waals surface area contributed by atoms with Crippen LogP contribution in [0.1, 0.15) is 42.9 Å². The Labute approximate surface area is 198 Å². The third kappa shape index (κ3) is 5.66. The molecule has 0 unspecified atom stereocenters. The minimum Gasteiger partial charge on any atom is -0.489 e. The van der Waals surface area contributed by atoms with Crippen molar-refractivity contribution in [3.8, 4) is 23.0 Å². The fourth-order valence-corrected chi connectivity index (χ4v) is 3.90. The number of hydrogen-bond acceptors (Lipinski definition) is 8. The molecule has 0 bridgehead atoms. The maximum absolute atomic E-state index is 12.9. The summed E-state index contributed by atoms with van der Waals surface area (Å²) in [7, 11) is 1.63. The van der Waals surface area contributed by atoms with Crippen LogP contribution in [0.4, 0.5) is 13.2 Å². The topological polar surface area (TPSA) is 125 Å². The van der Waals surface area contributed by atoms with E-state index in [4.69, 9.17) is 9.47 Å². The molecule has 0 amide bonds. The summed E-state index contributed by atoms with van der Waals surface area (Å²) in [5.74, 6) is -2.20. The van der Waals surface area contributed by atoms with E-state index in [1.165, 1.54) is 10.7 Å². The van der Waals surface area contributed by atoms with E-state index in [2.05, 4.69) is 25.3 Å². The number of carboxylic acids is 1. The third-order valence-electron chi connectivity index (χ3n) is 5.73. The average Bonchev–Trinajstić information content (AvgIpc) is 3.19. The van der Waals surface area contributed by atoms with Crippen LogP contribution in [0.15, 0.2) is 24.4 Å². The van der Waals surface area contributed by atoms with Gasteiger partial charge in [-0.2, -0.15) is 18.2 Å². The van der Waals surface area contributed by atoms with E-state index in [9.17, 15) is 23.1 Å². The maximum atomic E-state index is 12.9. The molecule has 1 N–H and O–H groups in total. The minimum absolute atomic E-state index is 0.148. The molecule has 1 aliphatic rings. The van der Waals surface area contributed by atoms with Gasteiger partial charge in [-0.25, -0.2) is 14.6 Å². The number of halogens is 3. The number of alkyl halides is 3. The van der Waals surface area contributed by atoms with Crippen molar-refractivity contribution in [3.05, 3.63) is 41.6 Å². The molecule has 1 saturated carbocycles. The lowest BCUT2D eigenvalue weighted by Crippen LogP contribution is -2.29. The fourth-order valence-electron chi connectivity index (χ4n) is 3.90. The molecule has 0 aromatic carbocycles. The van der Waals surface area contributed by atoms with Crippen molar-refractivity contribution in [2.45, 2.75) is 51.5 Å². The molecule has 1 aliphatic carbocycles. The number of carboxylic acid groups (broad SMARTS) is 1. The Bertz CT molecular complexity index is 1220. The third-order valence-corrected chi connectivity index (χ3v) is 5.73. The predicted molar refractivity (Wildman–Crippen MR) is 114 cm³/mol. The van der Waals surface area contributed by atoms with Gasteiger partial charge in [0.15, 0.2) is 0 Å². The highest BCUT2D eigenvalue weighted by Crippen LogP contribution is 2.31. The average molecular weight is 492 g/mol. The van der Waals surface area contributed by atoms with Crippen LogP contribution in [0, 0.1) is 12.8 Å². The second-order valence-corrected chi connectivity index (χ2v) is 8.23. The highest BCUT2D eigenvalue weighted by Gasteiger charge is 2.35. The first-order valence-electron chi connectivity index (χ1n) is 10.9. The van der Waals surface area contributed by atoms with Crippen LogP contribution >= 0.6 is 0 Å². The summed E-state index contributed by atoms with van der Waals surface area (Å²) < 4.78 is 51.5. The molecule has 186 valence electrons. The van der Waals surface area contributed by atoms with E-state index in [1.807, 2.05) is 0 Å². The minimum atomic E-state index is -4.68. The van der Waals surface area contributed by atoms with E-state index < -0.39 is 23.9 Å². The zero-order valence-electron chi connectivity index (χ0n) is 19.0. The number of pyridine rings is 1. The Morgan fingerprint density at radius 3 is 2.74 bits per heavy atom. The summed E-state index contributed by atoms with van der Waals surface area (Å²) in [5.41, 5.74) is 1.94. The van der Waals surface area contributed by atoms with Crippen LogP contribution in [0.25, 0.3) is 11.4 Å². The molecular weight excluding hydrogens is 469 g/mol. The Balaban J connectivity index is 1.49. The van der Waals surface area contributed by atoms with Crippen molar-refractivity contribution in [1.82, 2.24) is 29.9 Å². The lowest BCUT2D eigenvalue weighted by molar-refractivity contribution is -0.145. The SMILES string of the molecule is Cc1nc(-c2nnn(C)c2COc2ccnc(C(F)(F)F)n2)ccc1O[C@H]1CCC[C@H](C(=O)O)C1. The second-order valence-electron chi connectivity index (χ2n) is 8.23. The van der Waals surface area contributed by atoms with Crippen LogP contribution in [0.5, 0.6) is 11.6 Å². The lowest BCUT2D eigenvalue weighted by atomic mass is 9.87. The highest BCUT2D eigenvalue weighted by molar-refractivity contribution is 5.70. The first kappa shape index (κ1) is 24.4. The first-order valence-corrected chi connectivity index (χ1v) is 10.9. The van der Waals surface area contributed by atoms with Crippen LogP contribution in [0.2, 0.25) is 0 Å². The first-order chi connectivity index (χ1) is 16.6. The maximum Gasteiger partial charge on any atom is 0.451 e. The van der Waals surface area contributed by atoms with Gasteiger partial charge in [0.25, 0.3) is 0 Å². The van der Waals surface area contributed by atoms with Gasteiger partial charge in [-0.1, -0.05) is 5.21 Å². The van der Waals surface area contributed by atoms with Gasteiger partial charge in [-0.05, 0) is 44.7 Å². The number of ether oxygens (including phenoxy) is 2. The fraction of sp³-hybridized carbons (Fsp3) is 0.455. The lowest BCUT2D eigenvalue weighted by Gasteiger charge is -2.27. The van der Waals surface area contributed by atoms with E-state index >= 15 is 0 Å². The summed E-state index contributed by atoms with van der Waals surface area (Å²) in [4.78, 5) is 22.5. The quantitative estimate of drug-likeness (QED) is 0.527. The van der Waals surface area contributed by atoms with Crippen molar-refractivity contribution in [3.63, 3.8) is 0 Å². The number of aliphatic carboxylic acids is 1. The number of nitrogens with zero attached hydrogens (tertiary/aromatic N) is 6. The summed E-state index contributed by atoms with van der Waals surface area (Å²) in [6.45, 7) is 1.62. The molecule has 3 heterocycles. The molecule has 2 atom stereocenters.